The molecule has 31 heavy (non-hydrogen) atoms. The normalized spacial score (nSPS) is 15.6. The van der Waals surface area contributed by atoms with Gasteiger partial charge in [-0.25, -0.2) is 4.98 Å². The van der Waals surface area contributed by atoms with Gasteiger partial charge in [0.05, 0.1) is 22.6 Å². The molecule has 0 radical (unpaired) electrons. The first-order valence-corrected chi connectivity index (χ1v) is 11.2. The van der Waals surface area contributed by atoms with Gasteiger partial charge in [-0.2, -0.15) is 0 Å². The van der Waals surface area contributed by atoms with Gasteiger partial charge in [-0.1, -0.05) is 54.6 Å². The Kier molecular flexibility index (Phi) is 5.08. The van der Waals surface area contributed by atoms with Gasteiger partial charge >= 0.3 is 0 Å². The van der Waals surface area contributed by atoms with E-state index in [1.165, 1.54) is 4.57 Å². The molecule has 2 heterocycles. The molecule has 1 aliphatic rings. The van der Waals surface area contributed by atoms with Crippen molar-refractivity contribution in [2.75, 3.05) is 10.7 Å². The standard InChI is InChI=1S/C25H21N3O2S/c1-17-26-20-12-6-5-11-19(20)25(30)27(17)15-24(29)28-21-13-7-8-14-23(21)31-16-22(28)18-9-3-2-4-10-18/h2-14,22H,15-16H2,1H3. The lowest BCUT2D eigenvalue weighted by molar-refractivity contribution is -0.119. The Balaban J connectivity index is 1.58. The fourth-order valence-corrected chi connectivity index (χ4v) is 5.26. The first-order chi connectivity index (χ1) is 15.1. The minimum Gasteiger partial charge on any atom is -0.301 e. The second-order valence-corrected chi connectivity index (χ2v) is 8.60. The smallest absolute Gasteiger partial charge is 0.261 e. The molecule has 0 fully saturated rings. The van der Waals surface area contributed by atoms with Crippen molar-refractivity contribution in [2.45, 2.75) is 24.4 Å². The van der Waals surface area contributed by atoms with Crippen LogP contribution in [0.1, 0.15) is 17.4 Å². The Labute approximate surface area is 184 Å². The minimum atomic E-state index is -0.188. The fourth-order valence-electron chi connectivity index (χ4n) is 4.09. The molecule has 5 nitrogen and oxygen atoms in total. The third-order valence-corrected chi connectivity index (χ3v) is 6.77. The Hall–Kier alpha value is -3.38. The number of carbonyl (C=O) groups is 1. The second kappa shape index (κ2) is 8.04. The number of anilines is 1. The van der Waals surface area contributed by atoms with E-state index in [0.717, 1.165) is 21.9 Å². The highest BCUT2D eigenvalue weighted by molar-refractivity contribution is 7.99. The minimum absolute atomic E-state index is 0.0508. The predicted molar refractivity (Wildman–Crippen MR) is 125 cm³/mol. The fraction of sp³-hybridized carbons (Fsp3) is 0.160. The Morgan fingerprint density at radius 1 is 1.00 bits per heavy atom. The quantitative estimate of drug-likeness (QED) is 0.480. The molecule has 3 aromatic carbocycles. The summed E-state index contributed by atoms with van der Waals surface area (Å²) in [6.45, 7) is 1.72. The highest BCUT2D eigenvalue weighted by Crippen LogP contribution is 2.43. The number of aromatic nitrogens is 2. The molecule has 5 rings (SSSR count). The van der Waals surface area contributed by atoms with Gasteiger partial charge in [0.15, 0.2) is 0 Å². The van der Waals surface area contributed by atoms with Crippen LogP contribution in [0.25, 0.3) is 10.9 Å². The molecule has 0 saturated carbocycles. The van der Waals surface area contributed by atoms with Gasteiger partial charge < -0.3 is 4.90 Å². The van der Waals surface area contributed by atoms with Gasteiger partial charge in [-0.3, -0.25) is 14.2 Å². The van der Waals surface area contributed by atoms with E-state index in [1.54, 1.807) is 24.8 Å². The maximum Gasteiger partial charge on any atom is 0.261 e. The lowest BCUT2D eigenvalue weighted by Gasteiger charge is -2.37. The molecule has 0 aliphatic carbocycles. The van der Waals surface area contributed by atoms with E-state index in [1.807, 2.05) is 65.6 Å². The largest absolute Gasteiger partial charge is 0.301 e. The van der Waals surface area contributed by atoms with Crippen molar-refractivity contribution in [1.82, 2.24) is 9.55 Å². The lowest BCUT2D eigenvalue weighted by Crippen LogP contribution is -2.42. The van der Waals surface area contributed by atoms with E-state index in [4.69, 9.17) is 0 Å². The van der Waals surface area contributed by atoms with Gasteiger partial charge in [0, 0.05) is 10.6 Å². The zero-order valence-electron chi connectivity index (χ0n) is 17.1. The highest BCUT2D eigenvalue weighted by Gasteiger charge is 2.32. The summed E-state index contributed by atoms with van der Waals surface area (Å²) in [7, 11) is 0. The first kappa shape index (κ1) is 19.6. The van der Waals surface area contributed by atoms with Gasteiger partial charge in [0.25, 0.3) is 5.56 Å². The number of hydrogen-bond donors (Lipinski definition) is 0. The molecule has 1 unspecified atom stereocenters. The van der Waals surface area contributed by atoms with E-state index in [0.29, 0.717) is 16.7 Å². The maximum atomic E-state index is 13.7. The predicted octanol–water partition coefficient (Wildman–Crippen LogP) is 4.59. The molecule has 0 bridgehead atoms. The summed E-state index contributed by atoms with van der Waals surface area (Å²) in [6.07, 6.45) is 0. The van der Waals surface area contributed by atoms with Crippen molar-refractivity contribution in [2.24, 2.45) is 0 Å². The number of amides is 1. The summed E-state index contributed by atoms with van der Waals surface area (Å²) >= 11 is 1.75. The lowest BCUT2D eigenvalue weighted by atomic mass is 10.1. The zero-order valence-corrected chi connectivity index (χ0v) is 17.9. The molecule has 1 amide bonds. The Bertz CT molecular complexity index is 1330. The number of para-hydroxylation sites is 2. The second-order valence-electron chi connectivity index (χ2n) is 7.54. The topological polar surface area (TPSA) is 55.2 Å². The SMILES string of the molecule is Cc1nc2ccccc2c(=O)n1CC(=O)N1c2ccccc2SCC1c1ccccc1. The van der Waals surface area contributed by atoms with E-state index in [-0.39, 0.29) is 24.1 Å². The average Bonchev–Trinajstić information content (AvgIpc) is 2.81. The molecule has 0 spiro atoms. The third kappa shape index (κ3) is 3.53. The molecule has 0 N–H and O–H groups in total. The van der Waals surface area contributed by atoms with Crippen LogP contribution in [0.4, 0.5) is 5.69 Å². The van der Waals surface area contributed by atoms with E-state index in [2.05, 4.69) is 17.1 Å². The summed E-state index contributed by atoms with van der Waals surface area (Å²) in [5.41, 5.74) is 2.43. The number of rotatable bonds is 3. The molecular weight excluding hydrogens is 406 g/mol. The van der Waals surface area contributed by atoms with Gasteiger partial charge in [-0.15, -0.1) is 11.8 Å². The van der Waals surface area contributed by atoms with Gasteiger partial charge in [0.2, 0.25) is 5.91 Å². The van der Waals surface area contributed by atoms with E-state index < -0.39 is 0 Å². The number of aryl methyl sites for hydroxylation is 1. The van der Waals surface area contributed by atoms with Crippen molar-refractivity contribution in [1.29, 1.82) is 0 Å². The number of carbonyl (C=O) groups excluding carboxylic acids is 1. The van der Waals surface area contributed by atoms with Crippen molar-refractivity contribution in [3.05, 3.63) is 101 Å². The summed E-state index contributed by atoms with van der Waals surface area (Å²) in [6, 6.07) is 25.2. The van der Waals surface area contributed by atoms with Crippen molar-refractivity contribution >= 4 is 34.3 Å². The van der Waals surface area contributed by atoms with Crippen molar-refractivity contribution in [3.8, 4) is 0 Å². The summed E-state index contributed by atoms with van der Waals surface area (Å²) in [4.78, 5) is 34.3. The highest BCUT2D eigenvalue weighted by atomic mass is 32.2. The van der Waals surface area contributed by atoms with Crippen LogP contribution in [0, 0.1) is 6.92 Å². The molecular formula is C25H21N3O2S. The molecule has 0 saturated heterocycles. The van der Waals surface area contributed by atoms with Crippen LogP contribution in [-0.2, 0) is 11.3 Å². The summed E-state index contributed by atoms with van der Waals surface area (Å²) < 4.78 is 1.48. The average molecular weight is 428 g/mol. The molecule has 1 atom stereocenters. The van der Waals surface area contributed by atoms with Crippen LogP contribution in [-0.4, -0.2) is 21.2 Å². The zero-order chi connectivity index (χ0) is 21.4. The monoisotopic (exact) mass is 427 g/mol. The van der Waals surface area contributed by atoms with Gasteiger partial charge in [0.1, 0.15) is 12.4 Å². The molecule has 1 aromatic heterocycles. The number of thioether (sulfide) groups is 1. The van der Waals surface area contributed by atoms with Crippen LogP contribution < -0.4 is 10.5 Å². The number of nitrogens with zero attached hydrogens (tertiary/aromatic N) is 3. The number of hydrogen-bond acceptors (Lipinski definition) is 4. The summed E-state index contributed by atoms with van der Waals surface area (Å²) in [5, 5.41) is 0.523. The van der Waals surface area contributed by atoms with Crippen molar-refractivity contribution < 1.29 is 4.79 Å². The first-order valence-electron chi connectivity index (χ1n) is 10.2. The summed E-state index contributed by atoms with van der Waals surface area (Å²) in [5.74, 6) is 1.17. The Morgan fingerprint density at radius 3 is 2.55 bits per heavy atom. The molecule has 6 heteroatoms. The van der Waals surface area contributed by atoms with E-state index >= 15 is 0 Å². The van der Waals surface area contributed by atoms with Crippen LogP contribution in [0.15, 0.2) is 88.6 Å². The number of fused-ring (bicyclic) bond motifs is 2. The van der Waals surface area contributed by atoms with Crippen LogP contribution in [0.2, 0.25) is 0 Å². The van der Waals surface area contributed by atoms with Crippen LogP contribution in [0.5, 0.6) is 0 Å². The Morgan fingerprint density at radius 2 is 1.71 bits per heavy atom. The van der Waals surface area contributed by atoms with Crippen LogP contribution in [0.3, 0.4) is 0 Å². The van der Waals surface area contributed by atoms with E-state index in [9.17, 15) is 9.59 Å². The third-order valence-electron chi connectivity index (χ3n) is 5.63. The van der Waals surface area contributed by atoms with Gasteiger partial charge in [-0.05, 0) is 36.8 Å². The molecule has 1 aliphatic heterocycles. The number of benzene rings is 3. The molecule has 4 aromatic rings. The molecule has 154 valence electrons. The van der Waals surface area contributed by atoms with Crippen LogP contribution >= 0.6 is 11.8 Å². The maximum absolute atomic E-state index is 13.7. The van der Waals surface area contributed by atoms with Crippen molar-refractivity contribution in [3.63, 3.8) is 0 Å².